The van der Waals surface area contributed by atoms with Gasteiger partial charge in [-0.15, -0.1) is 0 Å². The van der Waals surface area contributed by atoms with E-state index in [4.69, 9.17) is 15.2 Å². The molecule has 0 aromatic heterocycles. The van der Waals surface area contributed by atoms with Crippen molar-refractivity contribution in [3.05, 3.63) is 23.8 Å². The molecule has 0 spiro atoms. The van der Waals surface area contributed by atoms with E-state index in [-0.39, 0.29) is 11.3 Å². The van der Waals surface area contributed by atoms with Crippen LogP contribution in [0.3, 0.4) is 0 Å². The number of hydrogen-bond donors (Lipinski definition) is 2. The third kappa shape index (κ3) is 4.66. The average molecular weight is 348 g/mol. The largest absolute Gasteiger partial charge is 0.493 e. The van der Waals surface area contributed by atoms with Gasteiger partial charge < -0.3 is 20.5 Å². The van der Waals surface area contributed by atoms with E-state index in [1.165, 1.54) is 24.8 Å². The summed E-state index contributed by atoms with van der Waals surface area (Å²) >= 11 is 0. The number of hydrogen-bond acceptors (Lipinski definition) is 4. The fraction of sp³-hybridized carbons (Fsp3) is 0.650. The van der Waals surface area contributed by atoms with Crippen LogP contribution in [0.1, 0.15) is 57.4 Å². The summed E-state index contributed by atoms with van der Waals surface area (Å²) in [6.45, 7) is 2.66. The van der Waals surface area contributed by atoms with Crippen LogP contribution in [0.25, 0.3) is 0 Å². The summed E-state index contributed by atoms with van der Waals surface area (Å²) in [4.78, 5) is 12.3. The highest BCUT2D eigenvalue weighted by Crippen LogP contribution is 2.42. The molecule has 1 fully saturated rings. The number of amides is 1. The molecule has 1 unspecified atom stereocenters. The molecule has 5 heteroatoms. The Morgan fingerprint density at radius 1 is 1.20 bits per heavy atom. The van der Waals surface area contributed by atoms with Crippen LogP contribution in [0.5, 0.6) is 11.5 Å². The predicted molar refractivity (Wildman–Crippen MR) is 100 cm³/mol. The summed E-state index contributed by atoms with van der Waals surface area (Å²) in [5.74, 6) is 1.41. The molecule has 0 radical (unpaired) electrons. The van der Waals surface area contributed by atoms with Crippen LogP contribution in [-0.2, 0) is 10.2 Å². The number of rotatable bonds is 8. The van der Waals surface area contributed by atoms with Crippen molar-refractivity contribution in [2.75, 3.05) is 20.8 Å². The molecule has 5 nitrogen and oxygen atoms in total. The van der Waals surface area contributed by atoms with Crippen LogP contribution in [0, 0.1) is 0 Å². The Morgan fingerprint density at radius 2 is 1.88 bits per heavy atom. The Morgan fingerprint density at radius 3 is 2.48 bits per heavy atom. The van der Waals surface area contributed by atoms with E-state index in [2.05, 4.69) is 17.4 Å². The van der Waals surface area contributed by atoms with Crippen LogP contribution < -0.4 is 20.5 Å². The van der Waals surface area contributed by atoms with Crippen LogP contribution in [0.4, 0.5) is 0 Å². The standard InChI is InChI=1S/C20H32N2O3/c1-4-8-16(21)19(23)22-14-20(11-6-5-7-12-20)15-9-10-17(24-2)18(13-15)25-3/h9-10,13,16H,4-8,11-12,14,21H2,1-3H3,(H,22,23). The summed E-state index contributed by atoms with van der Waals surface area (Å²) in [5.41, 5.74) is 7.11. The van der Waals surface area contributed by atoms with E-state index in [9.17, 15) is 4.79 Å². The summed E-state index contributed by atoms with van der Waals surface area (Å²) < 4.78 is 10.8. The highest BCUT2D eigenvalue weighted by Gasteiger charge is 2.35. The van der Waals surface area contributed by atoms with Crippen molar-refractivity contribution in [1.82, 2.24) is 5.32 Å². The van der Waals surface area contributed by atoms with Crippen molar-refractivity contribution >= 4 is 5.91 Å². The zero-order chi connectivity index (χ0) is 18.3. The topological polar surface area (TPSA) is 73.6 Å². The molecule has 0 aliphatic heterocycles. The molecule has 1 atom stereocenters. The highest BCUT2D eigenvalue weighted by molar-refractivity contribution is 5.81. The van der Waals surface area contributed by atoms with Crippen LogP contribution in [-0.4, -0.2) is 32.7 Å². The van der Waals surface area contributed by atoms with E-state index >= 15 is 0 Å². The number of methoxy groups -OCH3 is 2. The second-order valence-corrected chi connectivity index (χ2v) is 7.02. The molecule has 0 saturated heterocycles. The van der Waals surface area contributed by atoms with E-state index < -0.39 is 6.04 Å². The Labute approximate surface area is 151 Å². The Hall–Kier alpha value is -1.75. The number of ether oxygens (including phenoxy) is 2. The van der Waals surface area contributed by atoms with Crippen molar-refractivity contribution in [2.24, 2.45) is 5.73 Å². The molecule has 0 heterocycles. The van der Waals surface area contributed by atoms with Gasteiger partial charge in [-0.1, -0.05) is 38.7 Å². The minimum absolute atomic E-state index is 0.0488. The quantitative estimate of drug-likeness (QED) is 0.757. The van der Waals surface area contributed by atoms with Gasteiger partial charge in [-0.2, -0.15) is 0 Å². The van der Waals surface area contributed by atoms with E-state index in [0.717, 1.165) is 37.2 Å². The molecule has 1 aromatic carbocycles. The van der Waals surface area contributed by atoms with Gasteiger partial charge in [0.2, 0.25) is 5.91 Å². The molecule has 1 aliphatic carbocycles. The fourth-order valence-electron chi connectivity index (χ4n) is 3.79. The maximum absolute atomic E-state index is 12.3. The third-order valence-corrected chi connectivity index (χ3v) is 5.34. The monoisotopic (exact) mass is 348 g/mol. The molecule has 25 heavy (non-hydrogen) atoms. The SMILES string of the molecule is CCCC(N)C(=O)NCC1(c2ccc(OC)c(OC)c2)CCCCC1. The van der Waals surface area contributed by atoms with Crippen LogP contribution in [0.2, 0.25) is 0 Å². The number of nitrogens with one attached hydrogen (secondary N) is 1. The normalized spacial score (nSPS) is 17.6. The van der Waals surface area contributed by atoms with Gasteiger partial charge >= 0.3 is 0 Å². The zero-order valence-corrected chi connectivity index (χ0v) is 15.8. The zero-order valence-electron chi connectivity index (χ0n) is 15.8. The molecule has 1 amide bonds. The van der Waals surface area contributed by atoms with Crippen molar-refractivity contribution in [2.45, 2.75) is 63.3 Å². The maximum atomic E-state index is 12.3. The van der Waals surface area contributed by atoms with Gasteiger partial charge in [0, 0.05) is 12.0 Å². The molecular formula is C20H32N2O3. The number of carbonyl (C=O) groups excluding carboxylic acids is 1. The molecule has 0 bridgehead atoms. The number of carbonyl (C=O) groups is 1. The minimum Gasteiger partial charge on any atom is -0.493 e. The van der Waals surface area contributed by atoms with Gasteiger partial charge in [0.1, 0.15) is 0 Å². The molecule has 140 valence electrons. The molecule has 1 aliphatic rings. The minimum atomic E-state index is -0.420. The first kappa shape index (κ1) is 19.6. The van der Waals surface area contributed by atoms with Gasteiger partial charge in [-0.3, -0.25) is 4.79 Å². The molecule has 3 N–H and O–H groups in total. The third-order valence-electron chi connectivity index (χ3n) is 5.34. The second kappa shape index (κ2) is 9.09. The van der Waals surface area contributed by atoms with Crippen molar-refractivity contribution in [1.29, 1.82) is 0 Å². The molecule has 1 aromatic rings. The highest BCUT2D eigenvalue weighted by atomic mass is 16.5. The Kier molecular flexibility index (Phi) is 7.12. The fourth-order valence-corrected chi connectivity index (χ4v) is 3.79. The number of benzene rings is 1. The van der Waals surface area contributed by atoms with Gasteiger partial charge in [0.15, 0.2) is 11.5 Å². The predicted octanol–water partition coefficient (Wildman–Crippen LogP) is 3.15. The maximum Gasteiger partial charge on any atom is 0.236 e. The van der Waals surface area contributed by atoms with Gasteiger partial charge in [-0.05, 0) is 37.0 Å². The lowest BCUT2D eigenvalue weighted by molar-refractivity contribution is -0.122. The molecular weight excluding hydrogens is 316 g/mol. The van der Waals surface area contributed by atoms with Crippen molar-refractivity contribution in [3.8, 4) is 11.5 Å². The average Bonchev–Trinajstić information content (AvgIpc) is 2.66. The lowest BCUT2D eigenvalue weighted by Gasteiger charge is -2.38. The summed E-state index contributed by atoms with van der Waals surface area (Å²) in [7, 11) is 3.30. The Balaban J connectivity index is 2.21. The lowest BCUT2D eigenvalue weighted by atomic mass is 9.69. The van der Waals surface area contributed by atoms with E-state index in [0.29, 0.717) is 6.54 Å². The van der Waals surface area contributed by atoms with E-state index in [1.54, 1.807) is 14.2 Å². The number of nitrogens with two attached hydrogens (primary N) is 1. The summed E-state index contributed by atoms with van der Waals surface area (Å²) in [5, 5.41) is 3.11. The molecule has 2 rings (SSSR count). The summed E-state index contributed by atoms with van der Waals surface area (Å²) in [6, 6.07) is 5.69. The van der Waals surface area contributed by atoms with Gasteiger partial charge in [0.25, 0.3) is 0 Å². The van der Waals surface area contributed by atoms with Gasteiger partial charge in [0.05, 0.1) is 20.3 Å². The van der Waals surface area contributed by atoms with Gasteiger partial charge in [-0.25, -0.2) is 0 Å². The van der Waals surface area contributed by atoms with Crippen LogP contribution in [0.15, 0.2) is 18.2 Å². The first-order chi connectivity index (χ1) is 12.1. The second-order valence-electron chi connectivity index (χ2n) is 7.02. The first-order valence-corrected chi connectivity index (χ1v) is 9.32. The smallest absolute Gasteiger partial charge is 0.236 e. The van der Waals surface area contributed by atoms with Crippen molar-refractivity contribution in [3.63, 3.8) is 0 Å². The van der Waals surface area contributed by atoms with Crippen LogP contribution >= 0.6 is 0 Å². The first-order valence-electron chi connectivity index (χ1n) is 9.32. The molecule has 1 saturated carbocycles. The van der Waals surface area contributed by atoms with E-state index in [1.807, 2.05) is 13.0 Å². The Bertz CT molecular complexity index is 568. The van der Waals surface area contributed by atoms with Crippen molar-refractivity contribution < 1.29 is 14.3 Å². The summed E-state index contributed by atoms with van der Waals surface area (Å²) in [6.07, 6.45) is 7.34. The lowest BCUT2D eigenvalue weighted by Crippen LogP contribution is -2.47.